The van der Waals surface area contributed by atoms with E-state index in [1.165, 1.54) is 13.4 Å². The number of carbonyl (C=O) groups excluding carboxylic acids is 1. The van der Waals surface area contributed by atoms with Gasteiger partial charge in [-0.25, -0.2) is 8.42 Å². The Morgan fingerprint density at radius 3 is 2.48 bits per heavy atom. The molecule has 0 unspecified atom stereocenters. The fraction of sp³-hybridized carbons (Fsp3) is 0.261. The number of anilines is 1. The zero-order valence-electron chi connectivity index (χ0n) is 18.0. The summed E-state index contributed by atoms with van der Waals surface area (Å²) in [7, 11) is -2.68. The Bertz CT molecular complexity index is 1170. The number of nitrogens with zero attached hydrogens (tertiary/aromatic N) is 1. The molecule has 0 aliphatic heterocycles. The summed E-state index contributed by atoms with van der Waals surface area (Å²) in [5, 5.41) is 2.70. The van der Waals surface area contributed by atoms with Crippen molar-refractivity contribution in [2.24, 2.45) is 0 Å². The molecule has 0 aliphatic carbocycles. The van der Waals surface area contributed by atoms with Gasteiger partial charge >= 0.3 is 0 Å². The number of benzene rings is 2. The third-order valence-electron chi connectivity index (χ3n) is 4.99. The molecule has 0 bridgehead atoms. The summed E-state index contributed by atoms with van der Waals surface area (Å²) in [6, 6.07) is 13.7. The summed E-state index contributed by atoms with van der Waals surface area (Å²) in [5.41, 5.74) is 3.11. The average molecular weight is 443 g/mol. The van der Waals surface area contributed by atoms with Crippen molar-refractivity contribution in [3.63, 3.8) is 0 Å². The van der Waals surface area contributed by atoms with Crippen molar-refractivity contribution in [3.05, 3.63) is 77.2 Å². The van der Waals surface area contributed by atoms with Crippen LogP contribution in [-0.4, -0.2) is 28.0 Å². The van der Waals surface area contributed by atoms with Gasteiger partial charge in [-0.1, -0.05) is 12.1 Å². The van der Waals surface area contributed by atoms with E-state index in [0.29, 0.717) is 11.4 Å². The molecule has 0 atom stereocenters. The molecule has 31 heavy (non-hydrogen) atoms. The lowest BCUT2D eigenvalue weighted by Crippen LogP contribution is -2.40. The molecule has 7 nitrogen and oxygen atoms in total. The first-order valence-corrected chi connectivity index (χ1v) is 11.2. The Kier molecular flexibility index (Phi) is 6.70. The van der Waals surface area contributed by atoms with E-state index in [4.69, 9.17) is 9.15 Å². The van der Waals surface area contributed by atoms with Crippen LogP contribution in [0.3, 0.4) is 0 Å². The molecule has 3 rings (SSSR count). The number of sulfonamides is 1. The Labute approximate surface area is 182 Å². The average Bonchev–Trinajstić information content (AvgIpc) is 3.26. The van der Waals surface area contributed by atoms with E-state index in [0.717, 1.165) is 21.0 Å². The van der Waals surface area contributed by atoms with Crippen LogP contribution in [0.5, 0.6) is 5.75 Å². The van der Waals surface area contributed by atoms with Crippen LogP contribution >= 0.6 is 0 Å². The Morgan fingerprint density at radius 1 is 1.06 bits per heavy atom. The van der Waals surface area contributed by atoms with Gasteiger partial charge in [-0.3, -0.25) is 9.10 Å². The third kappa shape index (κ3) is 5.08. The number of ether oxygens (including phenoxy) is 1. The lowest BCUT2D eigenvalue weighted by Gasteiger charge is -2.25. The van der Waals surface area contributed by atoms with Crippen molar-refractivity contribution in [2.75, 3.05) is 18.0 Å². The number of nitrogens with one attached hydrogen (secondary N) is 1. The van der Waals surface area contributed by atoms with Gasteiger partial charge in [0, 0.05) is 0 Å². The van der Waals surface area contributed by atoms with Crippen molar-refractivity contribution in [1.82, 2.24) is 5.32 Å². The molecule has 2 aromatic carbocycles. The van der Waals surface area contributed by atoms with Crippen LogP contribution in [0.1, 0.15) is 22.5 Å². The summed E-state index contributed by atoms with van der Waals surface area (Å²) >= 11 is 0. The molecule has 8 heteroatoms. The van der Waals surface area contributed by atoms with E-state index < -0.39 is 15.9 Å². The number of hydrogen-bond donors (Lipinski definition) is 1. The lowest BCUT2D eigenvalue weighted by molar-refractivity contribution is -0.119. The molecule has 0 radical (unpaired) electrons. The van der Waals surface area contributed by atoms with Crippen LogP contribution in [0.4, 0.5) is 5.69 Å². The van der Waals surface area contributed by atoms with Gasteiger partial charge in [0.15, 0.2) is 0 Å². The zero-order valence-corrected chi connectivity index (χ0v) is 18.8. The van der Waals surface area contributed by atoms with Crippen LogP contribution in [0.25, 0.3) is 0 Å². The van der Waals surface area contributed by atoms with Gasteiger partial charge in [0.05, 0.1) is 25.6 Å². The molecule has 0 saturated carbocycles. The van der Waals surface area contributed by atoms with Gasteiger partial charge in [0.1, 0.15) is 22.9 Å². The molecular formula is C23H26N2O5S. The van der Waals surface area contributed by atoms with Gasteiger partial charge in [-0.2, -0.15) is 0 Å². The number of methoxy groups -OCH3 is 1. The highest BCUT2D eigenvalue weighted by Gasteiger charge is 2.30. The fourth-order valence-electron chi connectivity index (χ4n) is 3.09. The minimum Gasteiger partial charge on any atom is -0.495 e. The molecule has 0 spiro atoms. The lowest BCUT2D eigenvalue weighted by atomic mass is 10.1. The fourth-order valence-corrected chi connectivity index (χ4v) is 4.74. The maximum absolute atomic E-state index is 13.7. The Morgan fingerprint density at radius 2 is 1.84 bits per heavy atom. The summed E-state index contributed by atoms with van der Waals surface area (Å²) in [5.74, 6) is 0.342. The molecule has 0 fully saturated rings. The first kappa shape index (κ1) is 22.4. The van der Waals surface area contributed by atoms with Gasteiger partial charge in [-0.05, 0) is 73.9 Å². The Balaban J connectivity index is 1.99. The van der Waals surface area contributed by atoms with Gasteiger partial charge < -0.3 is 14.5 Å². The smallest absolute Gasteiger partial charge is 0.268 e. The minimum atomic E-state index is -4.09. The highest BCUT2D eigenvalue weighted by molar-refractivity contribution is 7.93. The second-order valence-corrected chi connectivity index (χ2v) is 9.12. The van der Waals surface area contributed by atoms with Crippen molar-refractivity contribution in [3.8, 4) is 5.75 Å². The Hall–Kier alpha value is -3.26. The standard InChI is InChI=1S/C23H26N2O5S/c1-16-7-10-21(29-4)22(12-16)31(27,28)25(19-9-8-17(2)18(3)13-19)15-23(26)24-14-20-6-5-11-30-20/h5-13H,14-15H2,1-4H3,(H,24,26). The molecule has 0 aliphatic rings. The van der Waals surface area contributed by atoms with Crippen LogP contribution in [0, 0.1) is 20.8 Å². The molecular weight excluding hydrogens is 416 g/mol. The second kappa shape index (κ2) is 9.26. The number of hydrogen-bond acceptors (Lipinski definition) is 5. The van der Waals surface area contributed by atoms with Crippen molar-refractivity contribution >= 4 is 21.6 Å². The van der Waals surface area contributed by atoms with Crippen LogP contribution in [-0.2, 0) is 21.4 Å². The van der Waals surface area contributed by atoms with Crippen molar-refractivity contribution < 1.29 is 22.4 Å². The van der Waals surface area contributed by atoms with Crippen LogP contribution in [0.15, 0.2) is 64.1 Å². The van der Waals surface area contributed by atoms with Gasteiger partial charge in [0.2, 0.25) is 5.91 Å². The predicted octanol–water partition coefficient (Wildman–Crippen LogP) is 3.73. The SMILES string of the molecule is COc1ccc(C)cc1S(=O)(=O)N(CC(=O)NCc1ccco1)c1ccc(C)c(C)c1. The first-order valence-electron chi connectivity index (χ1n) is 9.76. The highest BCUT2D eigenvalue weighted by Crippen LogP contribution is 2.31. The molecule has 164 valence electrons. The van der Waals surface area contributed by atoms with E-state index in [1.54, 1.807) is 49.4 Å². The molecule has 1 N–H and O–H groups in total. The topological polar surface area (TPSA) is 88.9 Å². The van der Waals surface area contributed by atoms with Crippen molar-refractivity contribution in [1.29, 1.82) is 0 Å². The zero-order chi connectivity index (χ0) is 22.6. The molecule has 0 saturated heterocycles. The number of furan rings is 1. The maximum atomic E-state index is 13.7. The van der Waals surface area contributed by atoms with E-state index in [2.05, 4.69) is 5.32 Å². The normalized spacial score (nSPS) is 11.2. The van der Waals surface area contributed by atoms with Gasteiger partial charge in [-0.15, -0.1) is 0 Å². The number of carbonyl (C=O) groups is 1. The van der Waals surface area contributed by atoms with Gasteiger partial charge in [0.25, 0.3) is 10.0 Å². The largest absolute Gasteiger partial charge is 0.495 e. The van der Waals surface area contributed by atoms with Crippen LogP contribution in [0.2, 0.25) is 0 Å². The number of aryl methyl sites for hydroxylation is 3. The highest BCUT2D eigenvalue weighted by atomic mass is 32.2. The van der Waals surface area contributed by atoms with Crippen molar-refractivity contribution in [2.45, 2.75) is 32.2 Å². The number of rotatable bonds is 8. The molecule has 1 amide bonds. The quantitative estimate of drug-likeness (QED) is 0.574. The van der Waals surface area contributed by atoms with E-state index in [9.17, 15) is 13.2 Å². The summed E-state index contributed by atoms with van der Waals surface area (Å²) in [6.07, 6.45) is 1.51. The maximum Gasteiger partial charge on any atom is 0.268 e. The third-order valence-corrected chi connectivity index (χ3v) is 6.79. The number of amides is 1. The van der Waals surface area contributed by atoms with E-state index in [1.807, 2.05) is 19.9 Å². The first-order chi connectivity index (χ1) is 14.7. The summed E-state index contributed by atoms with van der Waals surface area (Å²) in [6.45, 7) is 5.42. The molecule has 1 aromatic heterocycles. The monoisotopic (exact) mass is 442 g/mol. The minimum absolute atomic E-state index is 0.00654. The summed E-state index contributed by atoms with van der Waals surface area (Å²) < 4.78 is 39.0. The molecule has 3 aromatic rings. The molecule has 1 heterocycles. The predicted molar refractivity (Wildman–Crippen MR) is 119 cm³/mol. The van der Waals surface area contributed by atoms with Crippen LogP contribution < -0.4 is 14.4 Å². The van der Waals surface area contributed by atoms with E-state index >= 15 is 0 Å². The second-order valence-electron chi connectivity index (χ2n) is 7.29. The van der Waals surface area contributed by atoms with E-state index in [-0.39, 0.29) is 23.7 Å². The summed E-state index contributed by atoms with van der Waals surface area (Å²) in [4.78, 5) is 12.7.